The monoisotopic (exact) mass is 338 g/mol. The van der Waals surface area contributed by atoms with Gasteiger partial charge in [-0.05, 0) is 18.4 Å². The number of nitrogen functional groups attached to an aromatic ring is 1. The minimum atomic E-state index is -0.247. The summed E-state index contributed by atoms with van der Waals surface area (Å²) in [4.78, 5) is 20.6. The molecule has 0 spiro atoms. The Morgan fingerprint density at radius 2 is 1.64 bits per heavy atom. The molecule has 1 heterocycles. The Hall–Kier alpha value is -2.43. The van der Waals surface area contributed by atoms with E-state index in [-0.39, 0.29) is 22.8 Å². The minimum Gasteiger partial charge on any atom is -0.382 e. The van der Waals surface area contributed by atoms with Crippen LogP contribution in [0.3, 0.4) is 0 Å². The molecule has 5 heteroatoms. The van der Waals surface area contributed by atoms with Crippen LogP contribution in [0.4, 0.5) is 5.82 Å². The van der Waals surface area contributed by atoms with Crippen LogP contribution >= 0.6 is 0 Å². The molecule has 1 amide bonds. The van der Waals surface area contributed by atoms with Gasteiger partial charge in [0.15, 0.2) is 11.5 Å². The second-order valence-corrected chi connectivity index (χ2v) is 6.89. The average molecular weight is 338 g/mol. The Morgan fingerprint density at radius 1 is 1.00 bits per heavy atom. The number of benzene rings is 1. The maximum absolute atomic E-state index is 12.5. The zero-order valence-electron chi connectivity index (χ0n) is 14.6. The average Bonchev–Trinajstić information content (AvgIpc) is 2.62. The zero-order chi connectivity index (χ0) is 17.5. The highest BCUT2D eigenvalue weighted by Gasteiger charge is 2.33. The summed E-state index contributed by atoms with van der Waals surface area (Å²) in [5.74, 6) is -0.0746. The molecule has 1 aromatic carbocycles. The predicted octanol–water partition coefficient (Wildman–Crippen LogP) is 3.47. The molecule has 0 aliphatic heterocycles. The number of hydrogen-bond acceptors (Lipinski definition) is 4. The van der Waals surface area contributed by atoms with Gasteiger partial charge in [0.1, 0.15) is 0 Å². The molecule has 1 aromatic heterocycles. The van der Waals surface area contributed by atoms with Crippen molar-refractivity contribution in [1.29, 1.82) is 0 Å². The van der Waals surface area contributed by atoms with E-state index >= 15 is 0 Å². The van der Waals surface area contributed by atoms with Gasteiger partial charge in [0.2, 0.25) is 0 Å². The largest absolute Gasteiger partial charge is 0.382 e. The summed E-state index contributed by atoms with van der Waals surface area (Å²) in [6.07, 6.45) is 11.4. The van der Waals surface area contributed by atoms with E-state index in [0.29, 0.717) is 6.54 Å². The molecule has 3 rings (SSSR count). The lowest BCUT2D eigenvalue weighted by Crippen LogP contribution is -2.41. The van der Waals surface area contributed by atoms with Crippen LogP contribution in [-0.2, 0) is 5.41 Å². The van der Waals surface area contributed by atoms with E-state index in [4.69, 9.17) is 5.73 Å². The number of carbonyl (C=O) groups excluding carboxylic acids is 1. The van der Waals surface area contributed by atoms with E-state index in [1.54, 1.807) is 0 Å². The summed E-state index contributed by atoms with van der Waals surface area (Å²) in [6, 6.07) is 10.6. The molecule has 1 aliphatic carbocycles. The predicted molar refractivity (Wildman–Crippen MR) is 99.2 cm³/mol. The van der Waals surface area contributed by atoms with E-state index in [2.05, 4.69) is 39.6 Å². The Labute approximate surface area is 149 Å². The van der Waals surface area contributed by atoms with Gasteiger partial charge in [-0.25, -0.2) is 9.97 Å². The van der Waals surface area contributed by atoms with E-state index in [9.17, 15) is 4.79 Å². The highest BCUT2D eigenvalue weighted by Crippen LogP contribution is 2.37. The van der Waals surface area contributed by atoms with Crippen molar-refractivity contribution in [1.82, 2.24) is 15.3 Å². The number of amides is 1. The van der Waals surface area contributed by atoms with Gasteiger partial charge < -0.3 is 11.1 Å². The number of hydrogen-bond donors (Lipinski definition) is 2. The van der Waals surface area contributed by atoms with Crippen molar-refractivity contribution in [3.05, 3.63) is 54.0 Å². The molecule has 5 nitrogen and oxygen atoms in total. The normalized spacial score (nSPS) is 17.3. The summed E-state index contributed by atoms with van der Waals surface area (Å²) in [5, 5.41) is 3.08. The van der Waals surface area contributed by atoms with Crippen LogP contribution < -0.4 is 11.1 Å². The molecule has 2 aromatic rings. The molecule has 3 N–H and O–H groups in total. The van der Waals surface area contributed by atoms with Crippen molar-refractivity contribution in [2.45, 2.75) is 50.4 Å². The third-order valence-electron chi connectivity index (χ3n) is 5.23. The quantitative estimate of drug-likeness (QED) is 0.894. The molecule has 0 bridgehead atoms. The first-order chi connectivity index (χ1) is 12.2. The fourth-order valence-electron chi connectivity index (χ4n) is 3.80. The first-order valence-electron chi connectivity index (χ1n) is 9.11. The standard InChI is InChI=1S/C20H26N4O/c21-18-17(22-13-14-23-18)19(25)24-15-20(16-9-5-4-6-10-16)11-7-2-1-3-8-12-20/h4-6,9-10,13-14H,1-3,7-8,11-12,15H2,(H2,21,23)(H,24,25). The molecule has 1 saturated carbocycles. The Morgan fingerprint density at radius 3 is 2.32 bits per heavy atom. The second-order valence-electron chi connectivity index (χ2n) is 6.89. The van der Waals surface area contributed by atoms with Crippen molar-refractivity contribution in [3.63, 3.8) is 0 Å². The smallest absolute Gasteiger partial charge is 0.273 e. The third kappa shape index (κ3) is 4.16. The van der Waals surface area contributed by atoms with Crippen LogP contribution in [0, 0.1) is 0 Å². The summed E-state index contributed by atoms with van der Waals surface area (Å²) < 4.78 is 0. The van der Waals surface area contributed by atoms with Crippen LogP contribution in [0.25, 0.3) is 0 Å². The number of nitrogens with two attached hydrogens (primary N) is 1. The van der Waals surface area contributed by atoms with Crippen molar-refractivity contribution in [2.24, 2.45) is 0 Å². The molecule has 25 heavy (non-hydrogen) atoms. The van der Waals surface area contributed by atoms with Crippen molar-refractivity contribution >= 4 is 11.7 Å². The van der Waals surface area contributed by atoms with E-state index in [0.717, 1.165) is 12.8 Å². The van der Waals surface area contributed by atoms with Gasteiger partial charge in [-0.15, -0.1) is 0 Å². The Balaban J connectivity index is 1.80. The number of anilines is 1. The van der Waals surface area contributed by atoms with Gasteiger partial charge in [0, 0.05) is 24.4 Å². The third-order valence-corrected chi connectivity index (χ3v) is 5.23. The number of carbonyl (C=O) groups is 1. The van der Waals surface area contributed by atoms with Gasteiger partial charge in [0.25, 0.3) is 5.91 Å². The summed E-state index contributed by atoms with van der Waals surface area (Å²) in [6.45, 7) is 0.603. The Kier molecular flexibility index (Phi) is 5.64. The summed E-state index contributed by atoms with van der Waals surface area (Å²) in [7, 11) is 0. The van der Waals surface area contributed by atoms with E-state index < -0.39 is 0 Å². The summed E-state index contributed by atoms with van der Waals surface area (Å²) in [5.41, 5.74) is 7.28. The fraction of sp³-hybridized carbons (Fsp3) is 0.450. The zero-order valence-corrected chi connectivity index (χ0v) is 14.6. The second kappa shape index (κ2) is 8.10. The maximum Gasteiger partial charge on any atom is 0.273 e. The SMILES string of the molecule is Nc1nccnc1C(=O)NCC1(c2ccccc2)CCCCCCC1. The van der Waals surface area contributed by atoms with Crippen LogP contribution in [0.5, 0.6) is 0 Å². The highest BCUT2D eigenvalue weighted by atomic mass is 16.1. The van der Waals surface area contributed by atoms with Gasteiger partial charge in [-0.2, -0.15) is 0 Å². The molecule has 132 valence electrons. The molecule has 0 saturated heterocycles. The minimum absolute atomic E-state index is 0.0195. The maximum atomic E-state index is 12.5. The number of rotatable bonds is 4. The van der Waals surface area contributed by atoms with Crippen LogP contribution in [0.15, 0.2) is 42.7 Å². The van der Waals surface area contributed by atoms with Crippen molar-refractivity contribution < 1.29 is 4.79 Å². The van der Waals surface area contributed by atoms with Crippen molar-refractivity contribution in [3.8, 4) is 0 Å². The first kappa shape index (κ1) is 17.4. The van der Waals surface area contributed by atoms with Gasteiger partial charge in [-0.1, -0.05) is 62.4 Å². The van der Waals surface area contributed by atoms with Gasteiger partial charge in [0.05, 0.1) is 0 Å². The topological polar surface area (TPSA) is 80.9 Å². The highest BCUT2D eigenvalue weighted by molar-refractivity contribution is 5.96. The molecular weight excluding hydrogens is 312 g/mol. The molecule has 1 fully saturated rings. The lowest BCUT2D eigenvalue weighted by molar-refractivity contribution is 0.0934. The molecule has 0 atom stereocenters. The Bertz CT molecular complexity index is 694. The van der Waals surface area contributed by atoms with Gasteiger partial charge in [-0.3, -0.25) is 4.79 Å². The summed E-state index contributed by atoms with van der Waals surface area (Å²) >= 11 is 0. The van der Waals surface area contributed by atoms with Crippen LogP contribution in [-0.4, -0.2) is 22.4 Å². The van der Waals surface area contributed by atoms with Crippen LogP contribution in [0.1, 0.15) is 61.0 Å². The van der Waals surface area contributed by atoms with Gasteiger partial charge >= 0.3 is 0 Å². The number of aromatic nitrogens is 2. The van der Waals surface area contributed by atoms with E-state index in [1.165, 1.54) is 50.1 Å². The lowest BCUT2D eigenvalue weighted by atomic mass is 9.71. The molecule has 0 unspecified atom stereocenters. The molecule has 0 radical (unpaired) electrons. The molecular formula is C20H26N4O. The number of nitrogens with zero attached hydrogens (tertiary/aromatic N) is 2. The fourth-order valence-corrected chi connectivity index (χ4v) is 3.80. The number of nitrogens with one attached hydrogen (secondary N) is 1. The molecule has 1 aliphatic rings. The van der Waals surface area contributed by atoms with Crippen molar-refractivity contribution in [2.75, 3.05) is 12.3 Å². The first-order valence-corrected chi connectivity index (χ1v) is 9.11. The van der Waals surface area contributed by atoms with Crippen LogP contribution in [0.2, 0.25) is 0 Å². The van der Waals surface area contributed by atoms with E-state index in [1.807, 2.05) is 6.07 Å². The lowest BCUT2D eigenvalue weighted by Gasteiger charge is -2.36.